The van der Waals surface area contributed by atoms with Gasteiger partial charge in [-0.25, -0.2) is 9.69 Å². The Bertz CT molecular complexity index is 925. The number of hydrogen-bond donors (Lipinski definition) is 1. The average Bonchev–Trinajstić information content (AvgIpc) is 3.30. The normalized spacial score (nSPS) is 18.1. The van der Waals surface area contributed by atoms with Crippen molar-refractivity contribution in [2.75, 3.05) is 19.9 Å². The van der Waals surface area contributed by atoms with Gasteiger partial charge in [0.05, 0.1) is 0 Å². The Balaban J connectivity index is 1.30. The lowest BCUT2D eigenvalue weighted by Gasteiger charge is -2.17. The summed E-state index contributed by atoms with van der Waals surface area (Å²) in [5.41, 5.74) is 1.99. The second kappa shape index (κ2) is 8.56. The van der Waals surface area contributed by atoms with Crippen LogP contribution in [0.15, 0.2) is 29.8 Å². The van der Waals surface area contributed by atoms with Crippen molar-refractivity contribution >= 4 is 23.8 Å². The van der Waals surface area contributed by atoms with Crippen LogP contribution >= 0.6 is 0 Å². The maximum Gasteiger partial charge on any atom is 0.334 e. The molecular weight excluding hydrogens is 390 g/mol. The summed E-state index contributed by atoms with van der Waals surface area (Å²) in [5.74, 6) is -1.13. The van der Waals surface area contributed by atoms with Crippen molar-refractivity contribution in [1.82, 2.24) is 15.1 Å². The van der Waals surface area contributed by atoms with Gasteiger partial charge in [-0.3, -0.25) is 19.3 Å². The van der Waals surface area contributed by atoms with Gasteiger partial charge >= 0.3 is 17.8 Å². The molecule has 0 bridgehead atoms. The number of carbonyl (C=O) groups excluding carboxylic acids is 4. The van der Waals surface area contributed by atoms with Gasteiger partial charge in [0.25, 0.3) is 0 Å². The Morgan fingerprint density at radius 2 is 1.83 bits per heavy atom. The molecule has 1 fully saturated rings. The van der Waals surface area contributed by atoms with E-state index in [0.29, 0.717) is 22.8 Å². The summed E-state index contributed by atoms with van der Waals surface area (Å²) in [6, 6.07) is 4.54. The van der Waals surface area contributed by atoms with Crippen molar-refractivity contribution in [2.45, 2.75) is 38.6 Å². The molecule has 0 atom stereocenters. The fourth-order valence-electron chi connectivity index (χ4n) is 3.73. The summed E-state index contributed by atoms with van der Waals surface area (Å²) in [6.45, 7) is 0.0152. The van der Waals surface area contributed by atoms with Gasteiger partial charge in [-0.1, -0.05) is 17.7 Å². The average molecular weight is 413 g/mol. The van der Waals surface area contributed by atoms with Crippen LogP contribution < -0.4 is 14.8 Å². The third-order valence-corrected chi connectivity index (χ3v) is 5.41. The molecule has 2 aliphatic heterocycles. The zero-order valence-corrected chi connectivity index (χ0v) is 16.5. The molecule has 0 spiro atoms. The van der Waals surface area contributed by atoms with Gasteiger partial charge in [0, 0.05) is 13.1 Å². The smallest absolute Gasteiger partial charge is 0.334 e. The summed E-state index contributed by atoms with van der Waals surface area (Å²) >= 11 is 0. The molecular formula is C21H23N3O6. The number of hydrogen-bond acceptors (Lipinski definition) is 6. The first-order chi connectivity index (χ1) is 14.5. The number of imide groups is 2. The molecule has 1 N–H and O–H groups in total. The molecule has 9 heteroatoms. The van der Waals surface area contributed by atoms with Gasteiger partial charge in [0.2, 0.25) is 12.7 Å². The number of benzene rings is 1. The molecule has 2 heterocycles. The van der Waals surface area contributed by atoms with Crippen molar-refractivity contribution < 1.29 is 28.7 Å². The topological polar surface area (TPSA) is 105 Å². The number of nitrogens with zero attached hydrogens (tertiary/aromatic N) is 2. The molecule has 1 aromatic rings. The molecule has 3 aliphatic rings. The minimum atomic E-state index is -0.962. The van der Waals surface area contributed by atoms with Crippen LogP contribution in [0.3, 0.4) is 0 Å². The van der Waals surface area contributed by atoms with E-state index in [2.05, 4.69) is 11.4 Å². The molecule has 4 rings (SSSR count). The minimum absolute atomic E-state index is 0.157. The lowest BCUT2D eigenvalue weighted by Crippen LogP contribution is -2.41. The van der Waals surface area contributed by atoms with Gasteiger partial charge in [-0.2, -0.15) is 0 Å². The molecule has 5 amide bonds. The van der Waals surface area contributed by atoms with E-state index >= 15 is 0 Å². The third kappa shape index (κ3) is 4.14. The Hall–Kier alpha value is -3.36. The predicted molar refractivity (Wildman–Crippen MR) is 104 cm³/mol. The number of fused-ring (bicyclic) bond motifs is 1. The minimum Gasteiger partial charge on any atom is -0.454 e. The highest BCUT2D eigenvalue weighted by Gasteiger charge is 2.44. The van der Waals surface area contributed by atoms with E-state index in [1.165, 1.54) is 5.57 Å². The summed E-state index contributed by atoms with van der Waals surface area (Å²) in [4.78, 5) is 50.8. The summed E-state index contributed by atoms with van der Waals surface area (Å²) in [7, 11) is 0. The van der Waals surface area contributed by atoms with Gasteiger partial charge < -0.3 is 14.8 Å². The van der Waals surface area contributed by atoms with Crippen LogP contribution in [-0.4, -0.2) is 53.4 Å². The van der Waals surface area contributed by atoms with Crippen molar-refractivity contribution in [3.05, 3.63) is 35.4 Å². The molecule has 9 nitrogen and oxygen atoms in total. The first-order valence-electron chi connectivity index (χ1n) is 10.0. The van der Waals surface area contributed by atoms with Gasteiger partial charge in [-0.15, -0.1) is 0 Å². The highest BCUT2D eigenvalue weighted by Crippen LogP contribution is 2.32. The van der Waals surface area contributed by atoms with Crippen LogP contribution in [0.2, 0.25) is 0 Å². The van der Waals surface area contributed by atoms with Crippen molar-refractivity contribution in [2.24, 2.45) is 0 Å². The number of rotatable bonds is 7. The number of carbonyl (C=O) groups is 4. The maximum absolute atomic E-state index is 12.5. The quantitative estimate of drug-likeness (QED) is 0.415. The molecule has 0 radical (unpaired) electrons. The fourth-order valence-corrected chi connectivity index (χ4v) is 3.73. The second-order valence-corrected chi connectivity index (χ2v) is 7.45. The molecule has 0 aromatic heterocycles. The first kappa shape index (κ1) is 19.9. The highest BCUT2D eigenvalue weighted by molar-refractivity contribution is 6.45. The summed E-state index contributed by atoms with van der Waals surface area (Å²) in [5, 5.41) is 2.65. The maximum atomic E-state index is 12.5. The largest absolute Gasteiger partial charge is 0.454 e. The van der Waals surface area contributed by atoms with Crippen LogP contribution in [0.4, 0.5) is 4.79 Å². The van der Waals surface area contributed by atoms with E-state index < -0.39 is 30.3 Å². The van der Waals surface area contributed by atoms with E-state index in [-0.39, 0.29) is 19.9 Å². The van der Waals surface area contributed by atoms with E-state index in [0.717, 1.165) is 36.1 Å². The highest BCUT2D eigenvalue weighted by atomic mass is 16.7. The number of allylic oxidation sites excluding steroid dienone is 1. The van der Waals surface area contributed by atoms with Crippen LogP contribution in [-0.2, 0) is 20.9 Å². The molecule has 0 saturated carbocycles. The second-order valence-electron chi connectivity index (χ2n) is 7.45. The molecule has 1 aromatic carbocycles. The summed E-state index contributed by atoms with van der Waals surface area (Å²) in [6.07, 6.45) is 6.91. The van der Waals surface area contributed by atoms with Crippen LogP contribution in [0, 0.1) is 0 Å². The predicted octanol–water partition coefficient (Wildman–Crippen LogP) is 1.71. The Kier molecular flexibility index (Phi) is 5.69. The Morgan fingerprint density at radius 1 is 1.03 bits per heavy atom. The molecule has 0 unspecified atom stereocenters. The van der Waals surface area contributed by atoms with Crippen molar-refractivity contribution in [3.63, 3.8) is 0 Å². The van der Waals surface area contributed by atoms with E-state index in [1.807, 2.05) is 0 Å². The number of ether oxygens (including phenoxy) is 2. The van der Waals surface area contributed by atoms with Crippen LogP contribution in [0.5, 0.6) is 11.5 Å². The molecule has 30 heavy (non-hydrogen) atoms. The first-order valence-corrected chi connectivity index (χ1v) is 10.0. The number of amides is 5. The zero-order chi connectivity index (χ0) is 21.1. The van der Waals surface area contributed by atoms with Crippen molar-refractivity contribution in [1.29, 1.82) is 0 Å². The third-order valence-electron chi connectivity index (χ3n) is 5.41. The van der Waals surface area contributed by atoms with Crippen molar-refractivity contribution in [3.8, 4) is 11.5 Å². The lowest BCUT2D eigenvalue weighted by atomic mass is 9.97. The molecule has 1 saturated heterocycles. The Morgan fingerprint density at radius 3 is 2.63 bits per heavy atom. The van der Waals surface area contributed by atoms with E-state index in [4.69, 9.17) is 9.47 Å². The van der Waals surface area contributed by atoms with E-state index in [1.54, 1.807) is 18.2 Å². The number of nitrogens with one attached hydrogen (secondary N) is 1. The fraction of sp³-hybridized carbons (Fsp3) is 0.429. The molecule has 1 aliphatic carbocycles. The van der Waals surface area contributed by atoms with Gasteiger partial charge in [0.1, 0.15) is 6.54 Å². The van der Waals surface area contributed by atoms with Crippen LogP contribution in [0.1, 0.15) is 37.7 Å². The lowest BCUT2D eigenvalue weighted by molar-refractivity contribution is -0.144. The van der Waals surface area contributed by atoms with Crippen LogP contribution in [0.25, 0.3) is 0 Å². The standard InChI is InChI=1S/C21H23N3O6/c25-18(22-11-15-6-7-16-17(10-15)30-13-29-16)12-24-20(27)19(26)23(21(24)28)9-8-14-4-2-1-3-5-14/h4,6-7,10H,1-3,5,8-9,11-13H2,(H,22,25). The summed E-state index contributed by atoms with van der Waals surface area (Å²) < 4.78 is 10.5. The molecule has 158 valence electrons. The Labute approximate surface area is 173 Å². The van der Waals surface area contributed by atoms with Gasteiger partial charge in [0.15, 0.2) is 11.5 Å². The monoisotopic (exact) mass is 413 g/mol. The van der Waals surface area contributed by atoms with Gasteiger partial charge in [-0.05, 0) is 49.8 Å². The number of urea groups is 1. The van der Waals surface area contributed by atoms with E-state index in [9.17, 15) is 19.2 Å². The SMILES string of the molecule is O=C(CN1C(=O)C(=O)N(CCC2=CCCCC2)C1=O)NCc1ccc2c(c1)OCO2. The zero-order valence-electron chi connectivity index (χ0n) is 16.5.